The van der Waals surface area contributed by atoms with Crippen LogP contribution in [0.15, 0.2) is 18.2 Å². The molecule has 72 valence electrons. The summed E-state index contributed by atoms with van der Waals surface area (Å²) in [5, 5.41) is 0.933. The van der Waals surface area contributed by atoms with Crippen LogP contribution in [-0.2, 0) is 6.04 Å². The maximum Gasteiger partial charge on any atom is 0.0487 e. The number of benzene rings is 1. The molecule has 1 rings (SSSR count). The zero-order valence-electron chi connectivity index (χ0n) is 8.82. The Hall–Kier alpha value is -0.273. The van der Waals surface area contributed by atoms with E-state index in [1.165, 1.54) is 17.2 Å². The first-order valence-electron chi connectivity index (χ1n) is 4.64. The van der Waals surface area contributed by atoms with E-state index in [9.17, 15) is 0 Å². The molecule has 0 saturated heterocycles. The van der Waals surface area contributed by atoms with Crippen LogP contribution in [0.5, 0.6) is 0 Å². The third kappa shape index (κ3) is 3.16. The lowest BCUT2D eigenvalue weighted by Crippen LogP contribution is -2.24. The minimum absolute atomic E-state index is 0.933. The van der Waals surface area contributed by atoms with E-state index in [0.29, 0.717) is 0 Å². The van der Waals surface area contributed by atoms with Gasteiger partial charge in [-0.25, -0.2) is 0 Å². The molecular formula is C11H17ClSi. The number of aryl methyl sites for hydroxylation is 1. The molecule has 0 nitrogen and oxygen atoms in total. The molecule has 0 unspecified atom stereocenters. The maximum absolute atomic E-state index is 6.16. The average molecular weight is 213 g/mol. The Morgan fingerprint density at radius 3 is 2.31 bits per heavy atom. The van der Waals surface area contributed by atoms with Crippen LogP contribution in [0, 0.1) is 6.92 Å². The summed E-state index contributed by atoms with van der Waals surface area (Å²) < 4.78 is 0. The summed E-state index contributed by atoms with van der Waals surface area (Å²) in [6, 6.07) is 7.33. The van der Waals surface area contributed by atoms with E-state index in [2.05, 4.69) is 32.6 Å². The number of halogens is 1. The highest BCUT2D eigenvalue weighted by atomic mass is 35.5. The highest BCUT2D eigenvalue weighted by Gasteiger charge is 2.16. The molecule has 0 aliphatic heterocycles. The minimum atomic E-state index is -1.05. The Morgan fingerprint density at radius 2 is 1.85 bits per heavy atom. The number of hydrogen-bond donors (Lipinski definition) is 0. The summed E-state index contributed by atoms with van der Waals surface area (Å²) in [4.78, 5) is 0. The lowest BCUT2D eigenvalue weighted by molar-refractivity contribution is 1.24. The van der Waals surface area contributed by atoms with Crippen LogP contribution in [-0.4, -0.2) is 8.07 Å². The molecule has 0 saturated carbocycles. The Balaban J connectivity index is 3.00. The van der Waals surface area contributed by atoms with E-state index in [4.69, 9.17) is 11.6 Å². The molecule has 0 spiro atoms. The minimum Gasteiger partial charge on any atom is -0.0840 e. The van der Waals surface area contributed by atoms with Crippen LogP contribution in [0.4, 0.5) is 0 Å². The molecule has 1 aromatic rings. The zero-order valence-corrected chi connectivity index (χ0v) is 10.6. The van der Waals surface area contributed by atoms with Crippen LogP contribution in [0.25, 0.3) is 0 Å². The van der Waals surface area contributed by atoms with Crippen molar-refractivity contribution in [3.05, 3.63) is 34.3 Å². The predicted molar refractivity (Wildman–Crippen MR) is 63.2 cm³/mol. The van der Waals surface area contributed by atoms with Gasteiger partial charge < -0.3 is 0 Å². The van der Waals surface area contributed by atoms with Gasteiger partial charge in [0.05, 0.1) is 0 Å². The quantitative estimate of drug-likeness (QED) is 0.649. The van der Waals surface area contributed by atoms with Gasteiger partial charge in [-0.1, -0.05) is 43.4 Å². The molecule has 2 heteroatoms. The fourth-order valence-corrected chi connectivity index (χ4v) is 3.35. The van der Waals surface area contributed by atoms with Crippen LogP contribution >= 0.6 is 11.6 Å². The molecule has 0 aliphatic rings. The molecule has 13 heavy (non-hydrogen) atoms. The highest BCUT2D eigenvalue weighted by molar-refractivity contribution is 6.75. The lowest BCUT2D eigenvalue weighted by atomic mass is 10.1. The molecule has 0 aliphatic carbocycles. The second-order valence-corrected chi connectivity index (χ2v) is 10.7. The Bertz CT molecular complexity index is 279. The SMILES string of the molecule is Cc1cccc(Cl)c1C[Si](C)(C)C. The van der Waals surface area contributed by atoms with Crippen molar-refractivity contribution >= 4 is 19.7 Å². The molecule has 0 atom stereocenters. The molecule has 1 aromatic carbocycles. The number of rotatable bonds is 2. The Morgan fingerprint density at radius 1 is 1.23 bits per heavy atom. The van der Waals surface area contributed by atoms with Gasteiger partial charge in [-0.05, 0) is 30.2 Å². The van der Waals surface area contributed by atoms with Gasteiger partial charge in [0.2, 0.25) is 0 Å². The van der Waals surface area contributed by atoms with Gasteiger partial charge in [0.15, 0.2) is 0 Å². The van der Waals surface area contributed by atoms with Gasteiger partial charge in [0.25, 0.3) is 0 Å². The predicted octanol–water partition coefficient (Wildman–Crippen LogP) is 4.07. The molecule has 0 radical (unpaired) electrons. The van der Waals surface area contributed by atoms with Crippen LogP contribution < -0.4 is 0 Å². The largest absolute Gasteiger partial charge is 0.0840 e. The maximum atomic E-state index is 6.16. The molecular weight excluding hydrogens is 196 g/mol. The van der Waals surface area contributed by atoms with Gasteiger partial charge >= 0.3 is 0 Å². The molecule has 0 N–H and O–H groups in total. The van der Waals surface area contributed by atoms with Crippen molar-refractivity contribution in [1.29, 1.82) is 0 Å². The fraction of sp³-hybridized carbons (Fsp3) is 0.455. The van der Waals surface area contributed by atoms with Crippen molar-refractivity contribution in [3.63, 3.8) is 0 Å². The standard InChI is InChI=1S/C11H17ClSi/c1-9-6-5-7-11(12)10(9)8-13(2,3)4/h5-7H,8H2,1-4H3. The lowest BCUT2D eigenvalue weighted by Gasteiger charge is -2.18. The first-order chi connectivity index (χ1) is 5.90. The zero-order chi connectivity index (χ0) is 10.1. The van der Waals surface area contributed by atoms with Crippen molar-refractivity contribution in [2.24, 2.45) is 0 Å². The summed E-state index contributed by atoms with van der Waals surface area (Å²) in [7, 11) is -1.05. The van der Waals surface area contributed by atoms with E-state index < -0.39 is 8.07 Å². The molecule has 0 bridgehead atoms. The van der Waals surface area contributed by atoms with Gasteiger partial charge in [0.1, 0.15) is 0 Å². The summed E-state index contributed by atoms with van der Waals surface area (Å²) in [5.74, 6) is 0. The third-order valence-corrected chi connectivity index (χ3v) is 3.83. The smallest absolute Gasteiger partial charge is 0.0487 e. The van der Waals surface area contributed by atoms with Crippen molar-refractivity contribution in [2.45, 2.75) is 32.6 Å². The molecule has 0 heterocycles. The van der Waals surface area contributed by atoms with E-state index in [1.54, 1.807) is 0 Å². The summed E-state index contributed by atoms with van der Waals surface area (Å²) >= 11 is 6.16. The van der Waals surface area contributed by atoms with Crippen molar-refractivity contribution < 1.29 is 0 Å². The van der Waals surface area contributed by atoms with Gasteiger partial charge in [-0.15, -0.1) is 0 Å². The van der Waals surface area contributed by atoms with Crippen molar-refractivity contribution in [3.8, 4) is 0 Å². The van der Waals surface area contributed by atoms with E-state index in [-0.39, 0.29) is 0 Å². The van der Waals surface area contributed by atoms with Crippen molar-refractivity contribution in [2.75, 3.05) is 0 Å². The van der Waals surface area contributed by atoms with E-state index >= 15 is 0 Å². The monoisotopic (exact) mass is 212 g/mol. The summed E-state index contributed by atoms with van der Waals surface area (Å²) in [6.07, 6.45) is 0. The van der Waals surface area contributed by atoms with Crippen LogP contribution in [0.2, 0.25) is 24.7 Å². The number of hydrogen-bond acceptors (Lipinski definition) is 0. The van der Waals surface area contributed by atoms with Crippen LogP contribution in [0.3, 0.4) is 0 Å². The van der Waals surface area contributed by atoms with Crippen molar-refractivity contribution in [1.82, 2.24) is 0 Å². The van der Waals surface area contributed by atoms with Crippen LogP contribution in [0.1, 0.15) is 11.1 Å². The summed E-state index contributed by atoms with van der Waals surface area (Å²) in [5.41, 5.74) is 2.68. The normalized spacial score (nSPS) is 11.8. The second kappa shape index (κ2) is 3.85. The Kier molecular flexibility index (Phi) is 3.20. The van der Waals surface area contributed by atoms with E-state index in [1.807, 2.05) is 12.1 Å². The average Bonchev–Trinajstić information content (AvgIpc) is 1.95. The topological polar surface area (TPSA) is 0 Å². The van der Waals surface area contributed by atoms with E-state index in [0.717, 1.165) is 5.02 Å². The molecule has 0 aromatic heterocycles. The third-order valence-electron chi connectivity index (χ3n) is 2.06. The first kappa shape index (κ1) is 10.8. The van der Waals surface area contributed by atoms with Gasteiger partial charge in [-0.3, -0.25) is 0 Å². The van der Waals surface area contributed by atoms with Gasteiger partial charge in [-0.2, -0.15) is 0 Å². The Labute approximate surface area is 86.9 Å². The fourth-order valence-electron chi connectivity index (χ4n) is 1.42. The highest BCUT2D eigenvalue weighted by Crippen LogP contribution is 2.23. The first-order valence-corrected chi connectivity index (χ1v) is 8.73. The molecule has 0 amide bonds. The molecule has 0 fully saturated rings. The second-order valence-electron chi connectivity index (χ2n) is 4.77. The summed E-state index contributed by atoms with van der Waals surface area (Å²) in [6.45, 7) is 9.25. The van der Waals surface area contributed by atoms with Gasteiger partial charge in [0, 0.05) is 13.1 Å².